The molecular weight excluding hydrogens is 257 g/mol. The van der Waals surface area contributed by atoms with E-state index in [1.165, 1.54) is 12.1 Å². The molecule has 0 fully saturated rings. The number of halogens is 1. The highest BCUT2D eigenvalue weighted by molar-refractivity contribution is 6.05. The van der Waals surface area contributed by atoms with Crippen LogP contribution in [0.4, 0.5) is 10.1 Å². The van der Waals surface area contributed by atoms with E-state index in [4.69, 9.17) is 4.74 Å². The number of ether oxygens (including phenoxy) is 1. The van der Waals surface area contributed by atoms with Crippen molar-refractivity contribution in [1.82, 2.24) is 0 Å². The highest BCUT2D eigenvalue weighted by Gasteiger charge is 2.11. The second-order valence-electron chi connectivity index (χ2n) is 4.60. The monoisotopic (exact) mass is 273 g/mol. The Morgan fingerprint density at radius 2 is 1.85 bits per heavy atom. The maximum Gasteiger partial charge on any atom is 0.256 e. The van der Waals surface area contributed by atoms with Crippen LogP contribution in [0.3, 0.4) is 0 Å². The van der Waals surface area contributed by atoms with Crippen molar-refractivity contribution in [2.45, 2.75) is 13.8 Å². The van der Waals surface area contributed by atoms with Crippen molar-refractivity contribution in [3.8, 4) is 5.75 Å². The number of rotatable bonds is 3. The molecule has 0 spiro atoms. The van der Waals surface area contributed by atoms with Crippen molar-refractivity contribution >= 4 is 11.6 Å². The maximum atomic E-state index is 13.2. The molecule has 0 aliphatic heterocycles. The first kappa shape index (κ1) is 14.1. The maximum absolute atomic E-state index is 13.2. The van der Waals surface area contributed by atoms with Gasteiger partial charge >= 0.3 is 0 Å². The van der Waals surface area contributed by atoms with E-state index in [9.17, 15) is 9.18 Å². The normalized spacial score (nSPS) is 10.2. The largest absolute Gasteiger partial charge is 0.496 e. The van der Waals surface area contributed by atoms with E-state index >= 15 is 0 Å². The molecule has 0 aliphatic carbocycles. The van der Waals surface area contributed by atoms with Crippen LogP contribution in [0.15, 0.2) is 36.4 Å². The van der Waals surface area contributed by atoms with Gasteiger partial charge in [-0.05, 0) is 55.3 Å². The predicted octanol–water partition coefficient (Wildman–Crippen LogP) is 3.70. The summed E-state index contributed by atoms with van der Waals surface area (Å²) >= 11 is 0. The Kier molecular flexibility index (Phi) is 4.03. The molecule has 0 saturated heterocycles. The van der Waals surface area contributed by atoms with E-state index in [0.29, 0.717) is 11.3 Å². The minimum Gasteiger partial charge on any atom is -0.496 e. The van der Waals surface area contributed by atoms with Gasteiger partial charge < -0.3 is 10.1 Å². The van der Waals surface area contributed by atoms with Gasteiger partial charge in [0.1, 0.15) is 11.6 Å². The molecule has 4 heteroatoms. The highest BCUT2D eigenvalue weighted by atomic mass is 19.1. The number of benzene rings is 2. The number of hydrogen-bond donors (Lipinski definition) is 1. The number of carbonyl (C=O) groups excluding carboxylic acids is 1. The number of hydrogen-bond acceptors (Lipinski definition) is 2. The average molecular weight is 273 g/mol. The molecule has 2 aromatic carbocycles. The van der Waals surface area contributed by atoms with Gasteiger partial charge in [0.2, 0.25) is 0 Å². The van der Waals surface area contributed by atoms with Crippen LogP contribution in [0.5, 0.6) is 5.75 Å². The van der Waals surface area contributed by atoms with E-state index in [1.54, 1.807) is 32.2 Å². The fraction of sp³-hybridized carbons (Fsp3) is 0.188. The topological polar surface area (TPSA) is 38.3 Å². The first-order valence-corrected chi connectivity index (χ1v) is 6.23. The van der Waals surface area contributed by atoms with Crippen molar-refractivity contribution in [2.24, 2.45) is 0 Å². The molecule has 104 valence electrons. The molecule has 0 unspecified atom stereocenters. The van der Waals surface area contributed by atoms with Gasteiger partial charge in [0.05, 0.1) is 7.11 Å². The van der Waals surface area contributed by atoms with Crippen LogP contribution in [0.25, 0.3) is 0 Å². The van der Waals surface area contributed by atoms with Gasteiger partial charge in [-0.1, -0.05) is 6.07 Å². The Balaban J connectivity index is 2.23. The van der Waals surface area contributed by atoms with Gasteiger partial charge in [-0.25, -0.2) is 4.39 Å². The Hall–Kier alpha value is -2.36. The minimum atomic E-state index is -0.424. The number of amides is 1. The van der Waals surface area contributed by atoms with Crippen LogP contribution < -0.4 is 10.1 Å². The lowest BCUT2D eigenvalue weighted by molar-refractivity contribution is 0.102. The first-order chi connectivity index (χ1) is 9.51. The molecule has 3 nitrogen and oxygen atoms in total. The van der Waals surface area contributed by atoms with Gasteiger partial charge in [0.25, 0.3) is 5.91 Å². The SMILES string of the molecule is COc1ccc(NC(=O)c2cc(F)ccc2C)cc1C. The van der Waals surface area contributed by atoms with Crippen molar-refractivity contribution in [3.63, 3.8) is 0 Å². The van der Waals surface area contributed by atoms with Gasteiger partial charge in [-0.2, -0.15) is 0 Å². The average Bonchev–Trinajstić information content (AvgIpc) is 2.41. The van der Waals surface area contributed by atoms with E-state index in [2.05, 4.69) is 5.32 Å². The van der Waals surface area contributed by atoms with Crippen LogP contribution in [0.1, 0.15) is 21.5 Å². The molecule has 0 aliphatic rings. The van der Waals surface area contributed by atoms with Gasteiger partial charge in [-0.15, -0.1) is 0 Å². The molecule has 0 bridgehead atoms. The third-order valence-corrected chi connectivity index (χ3v) is 3.10. The van der Waals surface area contributed by atoms with Gasteiger partial charge in [-0.3, -0.25) is 4.79 Å². The van der Waals surface area contributed by atoms with Crippen LogP contribution in [-0.4, -0.2) is 13.0 Å². The highest BCUT2D eigenvalue weighted by Crippen LogP contribution is 2.22. The summed E-state index contributed by atoms with van der Waals surface area (Å²) in [5.74, 6) is 0.00293. The Morgan fingerprint density at radius 1 is 1.10 bits per heavy atom. The van der Waals surface area contributed by atoms with Crippen molar-refractivity contribution in [1.29, 1.82) is 0 Å². The molecule has 0 saturated carbocycles. The quantitative estimate of drug-likeness (QED) is 0.926. The molecule has 0 aromatic heterocycles. The molecule has 2 aromatic rings. The first-order valence-electron chi connectivity index (χ1n) is 6.23. The molecule has 0 radical (unpaired) electrons. The lowest BCUT2D eigenvalue weighted by Crippen LogP contribution is -2.13. The zero-order chi connectivity index (χ0) is 14.7. The Bertz CT molecular complexity index is 653. The number of aryl methyl sites for hydroxylation is 2. The number of carbonyl (C=O) groups is 1. The van der Waals surface area contributed by atoms with Crippen LogP contribution >= 0.6 is 0 Å². The smallest absolute Gasteiger partial charge is 0.256 e. The summed E-state index contributed by atoms with van der Waals surface area (Å²) < 4.78 is 18.4. The summed E-state index contributed by atoms with van der Waals surface area (Å²) in [5, 5.41) is 2.76. The third kappa shape index (κ3) is 2.96. The zero-order valence-corrected chi connectivity index (χ0v) is 11.7. The second kappa shape index (κ2) is 5.74. The number of methoxy groups -OCH3 is 1. The molecule has 1 N–H and O–H groups in total. The molecule has 1 amide bonds. The zero-order valence-electron chi connectivity index (χ0n) is 11.7. The van der Waals surface area contributed by atoms with Crippen molar-refractivity contribution in [3.05, 3.63) is 58.9 Å². The summed E-state index contributed by atoms with van der Waals surface area (Å²) in [4.78, 5) is 12.1. The second-order valence-corrected chi connectivity index (χ2v) is 4.60. The summed E-state index contributed by atoms with van der Waals surface area (Å²) in [6, 6.07) is 9.50. The fourth-order valence-electron chi connectivity index (χ4n) is 1.99. The number of anilines is 1. The van der Waals surface area contributed by atoms with Gasteiger partial charge in [0, 0.05) is 11.3 Å². The summed E-state index contributed by atoms with van der Waals surface area (Å²) in [7, 11) is 1.59. The van der Waals surface area contributed by atoms with E-state index < -0.39 is 5.82 Å². The van der Waals surface area contributed by atoms with Crippen LogP contribution in [0.2, 0.25) is 0 Å². The molecule has 0 heterocycles. The molecule has 20 heavy (non-hydrogen) atoms. The summed E-state index contributed by atoms with van der Waals surface area (Å²) in [6.07, 6.45) is 0. The van der Waals surface area contributed by atoms with Crippen LogP contribution in [0, 0.1) is 19.7 Å². The van der Waals surface area contributed by atoms with Gasteiger partial charge in [0.15, 0.2) is 0 Å². The summed E-state index contributed by atoms with van der Waals surface area (Å²) in [5.41, 5.74) is 2.63. The van der Waals surface area contributed by atoms with Crippen LogP contribution in [-0.2, 0) is 0 Å². The van der Waals surface area contributed by atoms with E-state index in [-0.39, 0.29) is 5.91 Å². The Morgan fingerprint density at radius 3 is 2.50 bits per heavy atom. The summed E-state index contributed by atoms with van der Waals surface area (Å²) in [6.45, 7) is 3.66. The van der Waals surface area contributed by atoms with Crippen molar-refractivity contribution < 1.29 is 13.9 Å². The standard InChI is InChI=1S/C16H16FNO2/c1-10-4-5-12(17)9-14(10)16(19)18-13-6-7-15(20-3)11(2)8-13/h4-9H,1-3H3,(H,18,19). The van der Waals surface area contributed by atoms with E-state index in [0.717, 1.165) is 16.9 Å². The van der Waals surface area contributed by atoms with E-state index in [1.807, 2.05) is 13.0 Å². The Labute approximate surface area is 117 Å². The number of nitrogens with one attached hydrogen (secondary N) is 1. The lowest BCUT2D eigenvalue weighted by atomic mass is 10.1. The molecular formula is C16H16FNO2. The lowest BCUT2D eigenvalue weighted by Gasteiger charge is -2.10. The fourth-order valence-corrected chi connectivity index (χ4v) is 1.99. The third-order valence-electron chi connectivity index (χ3n) is 3.10. The predicted molar refractivity (Wildman–Crippen MR) is 76.8 cm³/mol. The minimum absolute atomic E-state index is 0.327. The van der Waals surface area contributed by atoms with Crippen molar-refractivity contribution in [2.75, 3.05) is 12.4 Å². The molecule has 0 atom stereocenters. The molecule has 2 rings (SSSR count).